The third-order valence-corrected chi connectivity index (χ3v) is 2.89. The van der Waals surface area contributed by atoms with Gasteiger partial charge >= 0.3 is 5.63 Å². The van der Waals surface area contributed by atoms with Gasteiger partial charge in [0, 0.05) is 5.56 Å². The Morgan fingerprint density at radius 1 is 1.47 bits per heavy atom. The number of alkyl halides is 1. The lowest BCUT2D eigenvalue weighted by Gasteiger charge is -2.04. The molecule has 0 aliphatic rings. The SMILES string of the molecule is CCCCc1cc2c(=O)[nH]c(C(C)F)nc2oc1=O. The number of hydrogen-bond acceptors (Lipinski definition) is 4. The number of nitrogens with one attached hydrogen (secondary N) is 1. The van der Waals surface area contributed by atoms with Crippen molar-refractivity contribution in [3.8, 4) is 0 Å². The van der Waals surface area contributed by atoms with E-state index in [0.29, 0.717) is 12.0 Å². The Morgan fingerprint density at radius 2 is 2.21 bits per heavy atom. The van der Waals surface area contributed by atoms with E-state index in [2.05, 4.69) is 9.97 Å². The van der Waals surface area contributed by atoms with E-state index in [4.69, 9.17) is 4.42 Å². The van der Waals surface area contributed by atoms with Crippen LogP contribution >= 0.6 is 0 Å². The van der Waals surface area contributed by atoms with E-state index in [-0.39, 0.29) is 16.9 Å². The van der Waals surface area contributed by atoms with Crippen molar-refractivity contribution in [2.24, 2.45) is 0 Å². The lowest BCUT2D eigenvalue weighted by molar-refractivity contribution is 0.354. The molecule has 102 valence electrons. The molecule has 2 aromatic heterocycles. The smallest absolute Gasteiger partial charge is 0.340 e. The Kier molecular flexibility index (Phi) is 3.78. The van der Waals surface area contributed by atoms with E-state index in [1.54, 1.807) is 0 Å². The van der Waals surface area contributed by atoms with Crippen molar-refractivity contribution in [1.82, 2.24) is 9.97 Å². The molecule has 2 heterocycles. The second-order valence-electron chi connectivity index (χ2n) is 4.45. The van der Waals surface area contributed by atoms with Gasteiger partial charge in [0.1, 0.15) is 11.2 Å². The van der Waals surface area contributed by atoms with E-state index in [9.17, 15) is 14.0 Å². The van der Waals surface area contributed by atoms with Gasteiger partial charge in [0.05, 0.1) is 0 Å². The second kappa shape index (κ2) is 5.34. The molecule has 0 spiro atoms. The topological polar surface area (TPSA) is 76.0 Å². The number of halogens is 1. The van der Waals surface area contributed by atoms with Crippen LogP contribution in [0.15, 0.2) is 20.1 Å². The number of aromatic nitrogens is 2. The fraction of sp³-hybridized carbons (Fsp3) is 0.462. The van der Waals surface area contributed by atoms with Crippen LogP contribution in [0.3, 0.4) is 0 Å². The van der Waals surface area contributed by atoms with Gasteiger partial charge in [0.25, 0.3) is 5.56 Å². The van der Waals surface area contributed by atoms with Crippen molar-refractivity contribution in [3.05, 3.63) is 38.2 Å². The number of nitrogens with zero attached hydrogens (tertiary/aromatic N) is 1. The number of H-pyrrole nitrogens is 1. The molecule has 1 N–H and O–H groups in total. The molecule has 0 bridgehead atoms. The molecule has 0 amide bonds. The number of unbranched alkanes of at least 4 members (excludes halogenated alkanes) is 1. The molecule has 0 radical (unpaired) electrons. The summed E-state index contributed by atoms with van der Waals surface area (Å²) in [6, 6.07) is 1.48. The van der Waals surface area contributed by atoms with Crippen molar-refractivity contribution in [2.75, 3.05) is 0 Å². The largest absolute Gasteiger partial charge is 0.403 e. The van der Waals surface area contributed by atoms with E-state index in [1.165, 1.54) is 13.0 Å². The summed E-state index contributed by atoms with van der Waals surface area (Å²) in [7, 11) is 0. The standard InChI is InChI=1S/C13H15FN2O3/c1-3-4-5-8-6-9-11(17)15-10(7(2)14)16-12(9)19-13(8)18/h6-7H,3-5H2,1-2H3,(H,15,16,17). The Balaban J connectivity index is 2.61. The maximum Gasteiger partial charge on any atom is 0.340 e. The van der Waals surface area contributed by atoms with Crippen LogP contribution in [0.25, 0.3) is 11.1 Å². The molecule has 0 saturated carbocycles. The van der Waals surface area contributed by atoms with Gasteiger partial charge in [-0.2, -0.15) is 4.98 Å². The zero-order valence-electron chi connectivity index (χ0n) is 10.8. The van der Waals surface area contributed by atoms with Crippen molar-refractivity contribution in [3.63, 3.8) is 0 Å². The summed E-state index contributed by atoms with van der Waals surface area (Å²) in [5.74, 6) is -0.137. The Morgan fingerprint density at radius 3 is 2.84 bits per heavy atom. The van der Waals surface area contributed by atoms with Gasteiger partial charge in [0.15, 0.2) is 6.17 Å². The summed E-state index contributed by atoms with van der Waals surface area (Å²) in [5.41, 5.74) is -0.682. The fourth-order valence-corrected chi connectivity index (χ4v) is 1.80. The highest BCUT2D eigenvalue weighted by Gasteiger charge is 2.13. The molecule has 0 aromatic carbocycles. The monoisotopic (exact) mass is 266 g/mol. The predicted octanol–water partition coefficient (Wildman–Crippen LogP) is 2.25. The van der Waals surface area contributed by atoms with E-state index < -0.39 is 17.4 Å². The maximum atomic E-state index is 13.1. The summed E-state index contributed by atoms with van der Waals surface area (Å²) < 4.78 is 18.1. The number of aryl methyl sites for hydroxylation is 1. The summed E-state index contributed by atoms with van der Waals surface area (Å²) >= 11 is 0. The minimum absolute atomic E-state index is 0.117. The van der Waals surface area contributed by atoms with Gasteiger partial charge in [-0.05, 0) is 25.8 Å². The van der Waals surface area contributed by atoms with Crippen LogP contribution in [-0.4, -0.2) is 9.97 Å². The van der Waals surface area contributed by atoms with Crippen molar-refractivity contribution < 1.29 is 8.81 Å². The highest BCUT2D eigenvalue weighted by molar-refractivity contribution is 5.71. The molecule has 19 heavy (non-hydrogen) atoms. The lowest BCUT2D eigenvalue weighted by Crippen LogP contribution is -2.16. The number of fused-ring (bicyclic) bond motifs is 1. The first-order valence-electron chi connectivity index (χ1n) is 6.24. The van der Waals surface area contributed by atoms with Gasteiger partial charge in [0.2, 0.25) is 5.71 Å². The van der Waals surface area contributed by atoms with Crippen molar-refractivity contribution in [1.29, 1.82) is 0 Å². The number of aromatic amines is 1. The third kappa shape index (κ3) is 2.72. The molecule has 6 heteroatoms. The average molecular weight is 266 g/mol. The summed E-state index contributed by atoms with van der Waals surface area (Å²) in [5, 5.41) is 0.176. The van der Waals surface area contributed by atoms with Gasteiger partial charge < -0.3 is 9.40 Å². The molecule has 0 saturated heterocycles. The molecule has 0 fully saturated rings. The normalized spacial score (nSPS) is 12.8. The molecule has 2 aromatic rings. The minimum atomic E-state index is -1.43. The Hall–Kier alpha value is -1.98. The fourth-order valence-electron chi connectivity index (χ4n) is 1.80. The minimum Gasteiger partial charge on any atom is -0.403 e. The predicted molar refractivity (Wildman–Crippen MR) is 69.0 cm³/mol. The quantitative estimate of drug-likeness (QED) is 0.920. The summed E-state index contributed by atoms with van der Waals surface area (Å²) in [4.78, 5) is 29.7. The van der Waals surface area contributed by atoms with Crippen LogP contribution in [0.5, 0.6) is 0 Å². The average Bonchev–Trinajstić information content (AvgIpc) is 2.36. The zero-order chi connectivity index (χ0) is 14.0. The van der Waals surface area contributed by atoms with Crippen LogP contribution in [0.2, 0.25) is 0 Å². The summed E-state index contributed by atoms with van der Waals surface area (Å²) in [6.45, 7) is 3.25. The van der Waals surface area contributed by atoms with Crippen LogP contribution < -0.4 is 11.2 Å². The van der Waals surface area contributed by atoms with Gasteiger partial charge in [-0.3, -0.25) is 4.79 Å². The highest BCUT2D eigenvalue weighted by Crippen LogP contribution is 2.13. The van der Waals surface area contributed by atoms with E-state index in [1.807, 2.05) is 6.92 Å². The van der Waals surface area contributed by atoms with E-state index >= 15 is 0 Å². The molecular formula is C13H15FN2O3. The first-order chi connectivity index (χ1) is 9.02. The molecule has 5 nitrogen and oxygen atoms in total. The molecule has 1 unspecified atom stereocenters. The molecule has 1 atom stereocenters. The van der Waals surface area contributed by atoms with Crippen LogP contribution in [0, 0.1) is 0 Å². The van der Waals surface area contributed by atoms with Gasteiger partial charge in [-0.1, -0.05) is 13.3 Å². The molecule has 2 rings (SSSR count). The second-order valence-corrected chi connectivity index (χ2v) is 4.45. The summed E-state index contributed by atoms with van der Waals surface area (Å²) in [6.07, 6.45) is 0.892. The lowest BCUT2D eigenvalue weighted by atomic mass is 10.1. The Labute approximate surface area is 108 Å². The molecule has 0 aliphatic heterocycles. The van der Waals surface area contributed by atoms with Crippen LogP contribution in [0.1, 0.15) is 44.2 Å². The number of rotatable bonds is 4. The zero-order valence-corrected chi connectivity index (χ0v) is 10.8. The molecular weight excluding hydrogens is 251 g/mol. The Bertz CT molecular complexity index is 703. The van der Waals surface area contributed by atoms with Gasteiger partial charge in [-0.25, -0.2) is 9.18 Å². The van der Waals surface area contributed by atoms with Gasteiger partial charge in [-0.15, -0.1) is 0 Å². The van der Waals surface area contributed by atoms with Crippen molar-refractivity contribution >= 4 is 11.1 Å². The third-order valence-electron chi connectivity index (χ3n) is 2.89. The maximum absolute atomic E-state index is 13.1. The van der Waals surface area contributed by atoms with Crippen LogP contribution in [-0.2, 0) is 6.42 Å². The molecule has 0 aliphatic carbocycles. The highest BCUT2D eigenvalue weighted by atomic mass is 19.1. The first-order valence-corrected chi connectivity index (χ1v) is 6.24. The van der Waals surface area contributed by atoms with Crippen LogP contribution in [0.4, 0.5) is 4.39 Å². The number of hydrogen-bond donors (Lipinski definition) is 1. The van der Waals surface area contributed by atoms with Crippen molar-refractivity contribution in [2.45, 2.75) is 39.3 Å². The first kappa shape index (κ1) is 13.5. The van der Waals surface area contributed by atoms with E-state index in [0.717, 1.165) is 12.8 Å².